The zero-order valence-electron chi connectivity index (χ0n) is 15.2. The molecule has 26 heavy (non-hydrogen) atoms. The quantitative estimate of drug-likeness (QED) is 0.659. The topological polar surface area (TPSA) is 54.9 Å². The molecule has 1 aliphatic heterocycles. The van der Waals surface area contributed by atoms with E-state index >= 15 is 0 Å². The number of halogens is 1. The Hall–Kier alpha value is -1.96. The molecule has 2 N–H and O–H groups in total. The van der Waals surface area contributed by atoms with Crippen LogP contribution >= 0.6 is 24.0 Å². The van der Waals surface area contributed by atoms with E-state index in [2.05, 4.69) is 39.9 Å². The molecule has 0 bridgehead atoms. The fourth-order valence-electron chi connectivity index (χ4n) is 2.88. The van der Waals surface area contributed by atoms with E-state index in [0.717, 1.165) is 54.5 Å². The molecule has 0 saturated carbocycles. The maximum absolute atomic E-state index is 5.28. The predicted octanol–water partition coefficient (Wildman–Crippen LogP) is 3.74. The molecule has 2 aromatic carbocycles. The summed E-state index contributed by atoms with van der Waals surface area (Å²) in [6.07, 6.45) is 2.26. The van der Waals surface area contributed by atoms with Crippen LogP contribution in [0.15, 0.2) is 53.5 Å². The van der Waals surface area contributed by atoms with Crippen LogP contribution in [0.4, 0.5) is 0 Å². The molecule has 0 spiro atoms. The standard InChI is InChI=1S/C20H25N3O2.HI/c1-24-17-9-5-15(6-10-17)19(16-7-11-18(25-2)12-8-16)23-20-21-13-3-4-14-22-20;/h5-12,19H,3-4,13-14H2,1-2H3,(H2,21,22,23);1H. The van der Waals surface area contributed by atoms with Crippen molar-refractivity contribution < 1.29 is 9.47 Å². The average Bonchev–Trinajstić information content (AvgIpc) is 2.95. The number of ether oxygens (including phenoxy) is 2. The van der Waals surface area contributed by atoms with E-state index in [1.165, 1.54) is 0 Å². The summed E-state index contributed by atoms with van der Waals surface area (Å²) in [6, 6.07) is 16.3. The molecule has 0 aromatic heterocycles. The summed E-state index contributed by atoms with van der Waals surface area (Å²) < 4.78 is 10.6. The van der Waals surface area contributed by atoms with Crippen molar-refractivity contribution in [1.29, 1.82) is 0 Å². The molecule has 0 fully saturated rings. The van der Waals surface area contributed by atoms with Gasteiger partial charge in [-0.1, -0.05) is 24.3 Å². The van der Waals surface area contributed by atoms with E-state index in [4.69, 9.17) is 9.47 Å². The Kier molecular flexibility index (Phi) is 8.03. The van der Waals surface area contributed by atoms with Crippen molar-refractivity contribution in [2.45, 2.75) is 18.9 Å². The number of benzene rings is 2. The molecular formula is C20H26IN3O2. The highest BCUT2D eigenvalue weighted by Crippen LogP contribution is 2.26. The molecule has 140 valence electrons. The van der Waals surface area contributed by atoms with E-state index in [-0.39, 0.29) is 30.0 Å². The molecule has 5 nitrogen and oxygen atoms in total. The van der Waals surface area contributed by atoms with Gasteiger partial charge >= 0.3 is 0 Å². The lowest BCUT2D eigenvalue weighted by atomic mass is 9.98. The SMILES string of the molecule is COc1ccc(C(NC2=NCCCCN2)c2ccc(OC)cc2)cc1.I. The molecule has 0 unspecified atom stereocenters. The van der Waals surface area contributed by atoms with Crippen molar-refractivity contribution in [3.8, 4) is 11.5 Å². The van der Waals surface area contributed by atoms with Crippen LogP contribution in [-0.4, -0.2) is 33.3 Å². The number of nitrogens with one attached hydrogen (secondary N) is 2. The van der Waals surface area contributed by atoms with Crippen molar-refractivity contribution in [3.63, 3.8) is 0 Å². The van der Waals surface area contributed by atoms with Crippen LogP contribution in [0.25, 0.3) is 0 Å². The normalized spacial score (nSPS) is 13.7. The summed E-state index contributed by atoms with van der Waals surface area (Å²) in [6.45, 7) is 1.80. The molecule has 2 aromatic rings. The first-order chi connectivity index (χ1) is 12.3. The molecule has 1 heterocycles. The maximum Gasteiger partial charge on any atom is 0.192 e. The Morgan fingerprint density at radius 2 is 1.42 bits per heavy atom. The Labute approximate surface area is 172 Å². The highest BCUT2D eigenvalue weighted by atomic mass is 127. The second-order valence-electron chi connectivity index (χ2n) is 5.99. The third kappa shape index (κ3) is 5.27. The van der Waals surface area contributed by atoms with Gasteiger partial charge in [-0.25, -0.2) is 0 Å². The minimum Gasteiger partial charge on any atom is -0.497 e. The molecular weight excluding hydrogens is 441 g/mol. The molecule has 0 radical (unpaired) electrons. The van der Waals surface area contributed by atoms with Crippen molar-refractivity contribution in [2.75, 3.05) is 27.3 Å². The second-order valence-corrected chi connectivity index (χ2v) is 5.99. The minimum absolute atomic E-state index is 0. The van der Waals surface area contributed by atoms with Gasteiger partial charge in [0.1, 0.15) is 11.5 Å². The summed E-state index contributed by atoms with van der Waals surface area (Å²) in [5.41, 5.74) is 2.31. The Balaban J connectivity index is 0.00000243. The fraction of sp³-hybridized carbons (Fsp3) is 0.350. The summed E-state index contributed by atoms with van der Waals surface area (Å²) >= 11 is 0. The Morgan fingerprint density at radius 3 is 1.92 bits per heavy atom. The lowest BCUT2D eigenvalue weighted by Gasteiger charge is -2.22. The fourth-order valence-corrected chi connectivity index (χ4v) is 2.88. The maximum atomic E-state index is 5.28. The van der Waals surface area contributed by atoms with E-state index in [9.17, 15) is 0 Å². The number of methoxy groups -OCH3 is 2. The molecule has 0 amide bonds. The molecule has 6 heteroatoms. The van der Waals surface area contributed by atoms with E-state index in [1.807, 2.05) is 24.3 Å². The summed E-state index contributed by atoms with van der Waals surface area (Å²) in [5.74, 6) is 2.55. The van der Waals surface area contributed by atoms with Gasteiger partial charge in [0.05, 0.1) is 20.3 Å². The third-order valence-corrected chi connectivity index (χ3v) is 4.33. The zero-order chi connectivity index (χ0) is 17.5. The van der Waals surface area contributed by atoms with E-state index in [0.29, 0.717) is 0 Å². The summed E-state index contributed by atoms with van der Waals surface area (Å²) in [4.78, 5) is 4.63. The Morgan fingerprint density at radius 1 is 0.885 bits per heavy atom. The average molecular weight is 467 g/mol. The molecule has 0 atom stereocenters. The van der Waals surface area contributed by atoms with Crippen molar-refractivity contribution >= 4 is 29.9 Å². The highest BCUT2D eigenvalue weighted by Gasteiger charge is 2.17. The van der Waals surface area contributed by atoms with Gasteiger partial charge < -0.3 is 20.1 Å². The summed E-state index contributed by atoms with van der Waals surface area (Å²) in [7, 11) is 3.36. The molecule has 0 saturated heterocycles. The van der Waals surface area contributed by atoms with Gasteiger partial charge in [-0.05, 0) is 48.2 Å². The van der Waals surface area contributed by atoms with Crippen molar-refractivity contribution in [2.24, 2.45) is 4.99 Å². The van der Waals surface area contributed by atoms with Crippen LogP contribution in [0, 0.1) is 0 Å². The van der Waals surface area contributed by atoms with Gasteiger partial charge in [0.15, 0.2) is 5.96 Å². The van der Waals surface area contributed by atoms with Crippen LogP contribution in [0.3, 0.4) is 0 Å². The number of rotatable bonds is 5. The van der Waals surface area contributed by atoms with Crippen LogP contribution in [0.5, 0.6) is 11.5 Å². The minimum atomic E-state index is 0. The van der Waals surface area contributed by atoms with E-state index in [1.54, 1.807) is 14.2 Å². The first kappa shape index (κ1) is 20.4. The number of guanidine groups is 1. The van der Waals surface area contributed by atoms with Crippen molar-refractivity contribution in [1.82, 2.24) is 10.6 Å². The van der Waals surface area contributed by atoms with Crippen LogP contribution in [0.1, 0.15) is 30.0 Å². The number of nitrogens with zero attached hydrogens (tertiary/aromatic N) is 1. The van der Waals surface area contributed by atoms with Crippen LogP contribution < -0.4 is 20.1 Å². The molecule has 3 rings (SSSR count). The van der Waals surface area contributed by atoms with Gasteiger partial charge in [-0.15, -0.1) is 24.0 Å². The van der Waals surface area contributed by atoms with Gasteiger partial charge in [0, 0.05) is 13.1 Å². The number of hydrogen-bond acceptors (Lipinski definition) is 5. The first-order valence-electron chi connectivity index (χ1n) is 8.63. The number of aliphatic imine (C=N–C) groups is 1. The van der Waals surface area contributed by atoms with Gasteiger partial charge in [0.2, 0.25) is 0 Å². The zero-order valence-corrected chi connectivity index (χ0v) is 17.5. The smallest absolute Gasteiger partial charge is 0.192 e. The molecule has 0 aliphatic carbocycles. The predicted molar refractivity (Wildman–Crippen MR) is 116 cm³/mol. The Bertz CT molecular complexity index is 655. The van der Waals surface area contributed by atoms with Crippen LogP contribution in [-0.2, 0) is 0 Å². The monoisotopic (exact) mass is 467 g/mol. The lowest BCUT2D eigenvalue weighted by Crippen LogP contribution is -2.39. The largest absolute Gasteiger partial charge is 0.497 e. The molecule has 1 aliphatic rings. The second kappa shape index (κ2) is 10.3. The first-order valence-corrected chi connectivity index (χ1v) is 8.63. The van der Waals surface area contributed by atoms with E-state index < -0.39 is 0 Å². The summed E-state index contributed by atoms with van der Waals surface area (Å²) in [5, 5.41) is 6.95. The lowest BCUT2D eigenvalue weighted by molar-refractivity contribution is 0.414. The van der Waals surface area contributed by atoms with Gasteiger partial charge in [0.25, 0.3) is 0 Å². The van der Waals surface area contributed by atoms with Crippen LogP contribution in [0.2, 0.25) is 0 Å². The van der Waals surface area contributed by atoms with Gasteiger partial charge in [-0.2, -0.15) is 0 Å². The van der Waals surface area contributed by atoms with Gasteiger partial charge in [-0.3, -0.25) is 4.99 Å². The third-order valence-electron chi connectivity index (χ3n) is 4.33. The number of hydrogen-bond donors (Lipinski definition) is 2. The van der Waals surface area contributed by atoms with Crippen molar-refractivity contribution in [3.05, 3.63) is 59.7 Å². The highest BCUT2D eigenvalue weighted by molar-refractivity contribution is 14.0.